The zero-order chi connectivity index (χ0) is 9.68. The summed E-state index contributed by atoms with van der Waals surface area (Å²) in [4.78, 5) is 1.02. The molecule has 0 spiro atoms. The molecule has 0 aliphatic carbocycles. The fourth-order valence-electron chi connectivity index (χ4n) is 1.04. The summed E-state index contributed by atoms with van der Waals surface area (Å²) in [5.74, 6) is 0. The summed E-state index contributed by atoms with van der Waals surface area (Å²) in [7, 11) is 0. The van der Waals surface area contributed by atoms with Crippen LogP contribution in [0.4, 0.5) is 0 Å². The van der Waals surface area contributed by atoms with Crippen LogP contribution in [0, 0.1) is 0 Å². The van der Waals surface area contributed by atoms with Crippen LogP contribution in [-0.4, -0.2) is 0 Å². The third-order valence-corrected chi connectivity index (χ3v) is 1.95. The molecule has 1 aromatic carbocycles. The van der Waals surface area contributed by atoms with Crippen LogP contribution in [0.25, 0.3) is 5.57 Å². The Balaban J connectivity index is 2.86. The lowest BCUT2D eigenvalue weighted by Gasteiger charge is -1.98. The third kappa shape index (κ3) is 3.51. The predicted octanol–water partition coefficient (Wildman–Crippen LogP) is 3.92. The highest BCUT2D eigenvalue weighted by atomic mass is 32.1. The molecule has 0 N–H and O–H groups in total. The highest BCUT2D eigenvalue weighted by Gasteiger charge is 1.90. The standard InChI is InChI=1S/C12H14S/c1-10(8-9-11(2)13)12-6-4-3-5-7-12/h3-9,13H,1-2H3/b10-8+,11-9-. The molecule has 1 rings (SSSR count). The van der Waals surface area contributed by atoms with Crippen molar-refractivity contribution in [3.05, 3.63) is 53.0 Å². The van der Waals surface area contributed by atoms with Crippen molar-refractivity contribution in [3.8, 4) is 0 Å². The van der Waals surface area contributed by atoms with Crippen LogP contribution in [0.3, 0.4) is 0 Å². The molecule has 13 heavy (non-hydrogen) atoms. The van der Waals surface area contributed by atoms with E-state index in [1.165, 1.54) is 11.1 Å². The molecule has 0 aliphatic rings. The number of rotatable bonds is 2. The van der Waals surface area contributed by atoms with Gasteiger partial charge in [0.1, 0.15) is 0 Å². The van der Waals surface area contributed by atoms with E-state index in [9.17, 15) is 0 Å². The van der Waals surface area contributed by atoms with Crippen molar-refractivity contribution < 1.29 is 0 Å². The number of thiol groups is 1. The Labute approximate surface area is 85.4 Å². The first-order valence-electron chi connectivity index (χ1n) is 4.29. The molecule has 0 fully saturated rings. The molecule has 0 aliphatic heterocycles. The van der Waals surface area contributed by atoms with Gasteiger partial charge in [-0.05, 0) is 29.9 Å². The summed E-state index contributed by atoms with van der Waals surface area (Å²) in [6, 6.07) is 10.3. The van der Waals surface area contributed by atoms with Crippen LogP contribution in [0.15, 0.2) is 47.4 Å². The lowest BCUT2D eigenvalue weighted by Crippen LogP contribution is -1.76. The second kappa shape index (κ2) is 4.93. The van der Waals surface area contributed by atoms with E-state index in [2.05, 4.69) is 37.8 Å². The summed E-state index contributed by atoms with van der Waals surface area (Å²) in [5, 5.41) is 0. The van der Waals surface area contributed by atoms with Gasteiger partial charge in [0.2, 0.25) is 0 Å². The molecule has 1 heteroatoms. The van der Waals surface area contributed by atoms with Crippen LogP contribution < -0.4 is 0 Å². The number of hydrogen-bond donors (Lipinski definition) is 1. The molecule has 0 nitrogen and oxygen atoms in total. The number of benzene rings is 1. The Morgan fingerprint density at radius 3 is 2.23 bits per heavy atom. The maximum Gasteiger partial charge on any atom is -0.0215 e. The van der Waals surface area contributed by atoms with Gasteiger partial charge in [0, 0.05) is 0 Å². The molecular formula is C12H14S. The summed E-state index contributed by atoms with van der Waals surface area (Å²) in [5.41, 5.74) is 2.52. The predicted molar refractivity (Wildman–Crippen MR) is 62.8 cm³/mol. The van der Waals surface area contributed by atoms with Gasteiger partial charge in [0.25, 0.3) is 0 Å². The Morgan fingerprint density at radius 1 is 1.08 bits per heavy atom. The lowest BCUT2D eigenvalue weighted by molar-refractivity contribution is 1.56. The van der Waals surface area contributed by atoms with E-state index in [0.29, 0.717) is 0 Å². The van der Waals surface area contributed by atoms with Gasteiger partial charge < -0.3 is 0 Å². The van der Waals surface area contributed by atoms with Crippen LogP contribution in [-0.2, 0) is 0 Å². The summed E-state index contributed by atoms with van der Waals surface area (Å²) >= 11 is 4.20. The van der Waals surface area contributed by atoms with E-state index in [1.807, 2.05) is 31.2 Å². The summed E-state index contributed by atoms with van der Waals surface area (Å²) in [6.45, 7) is 4.07. The molecule has 68 valence electrons. The largest absolute Gasteiger partial charge is 0.148 e. The Bertz CT molecular complexity index is 316. The second-order valence-electron chi connectivity index (χ2n) is 3.02. The van der Waals surface area contributed by atoms with E-state index in [0.717, 1.165) is 4.91 Å². The van der Waals surface area contributed by atoms with Crippen molar-refractivity contribution in [1.82, 2.24) is 0 Å². The van der Waals surface area contributed by atoms with Crippen molar-refractivity contribution in [2.24, 2.45) is 0 Å². The van der Waals surface area contributed by atoms with E-state index in [4.69, 9.17) is 0 Å². The minimum absolute atomic E-state index is 1.02. The van der Waals surface area contributed by atoms with E-state index < -0.39 is 0 Å². The monoisotopic (exact) mass is 190 g/mol. The molecule has 0 saturated carbocycles. The second-order valence-corrected chi connectivity index (χ2v) is 3.73. The smallest absolute Gasteiger partial charge is 0.0215 e. The summed E-state index contributed by atoms with van der Waals surface area (Å²) in [6.07, 6.45) is 4.09. The third-order valence-electron chi connectivity index (χ3n) is 1.80. The lowest BCUT2D eigenvalue weighted by atomic mass is 10.1. The molecule has 0 amide bonds. The topological polar surface area (TPSA) is 0 Å². The fraction of sp³-hybridized carbons (Fsp3) is 0.167. The van der Waals surface area contributed by atoms with Crippen LogP contribution in [0.5, 0.6) is 0 Å². The number of allylic oxidation sites excluding steroid dienone is 4. The van der Waals surface area contributed by atoms with Crippen molar-refractivity contribution in [1.29, 1.82) is 0 Å². The Morgan fingerprint density at radius 2 is 1.69 bits per heavy atom. The SMILES string of the molecule is C/C(S)=C/C=C(\C)c1ccccc1. The first-order chi connectivity index (χ1) is 6.20. The van der Waals surface area contributed by atoms with Gasteiger partial charge in [-0.3, -0.25) is 0 Å². The van der Waals surface area contributed by atoms with E-state index in [1.54, 1.807) is 0 Å². The van der Waals surface area contributed by atoms with Crippen LogP contribution in [0.1, 0.15) is 19.4 Å². The maximum atomic E-state index is 4.20. The van der Waals surface area contributed by atoms with Crippen LogP contribution in [0.2, 0.25) is 0 Å². The summed E-state index contributed by atoms with van der Waals surface area (Å²) < 4.78 is 0. The minimum Gasteiger partial charge on any atom is -0.148 e. The van der Waals surface area contributed by atoms with E-state index in [-0.39, 0.29) is 0 Å². The zero-order valence-electron chi connectivity index (χ0n) is 7.99. The molecule has 0 bridgehead atoms. The highest BCUT2D eigenvalue weighted by Crippen LogP contribution is 2.13. The Kier molecular flexibility index (Phi) is 3.84. The quantitative estimate of drug-likeness (QED) is 0.530. The fourth-order valence-corrected chi connectivity index (χ4v) is 1.12. The molecule has 0 unspecified atom stereocenters. The zero-order valence-corrected chi connectivity index (χ0v) is 8.88. The number of hydrogen-bond acceptors (Lipinski definition) is 1. The molecule has 0 aromatic heterocycles. The maximum absolute atomic E-state index is 4.20. The van der Waals surface area contributed by atoms with Crippen molar-refractivity contribution >= 4 is 18.2 Å². The van der Waals surface area contributed by atoms with Gasteiger partial charge in [-0.1, -0.05) is 42.5 Å². The Hall–Kier alpha value is -0.950. The normalized spacial score (nSPS) is 13.2. The van der Waals surface area contributed by atoms with Gasteiger partial charge in [-0.25, -0.2) is 0 Å². The van der Waals surface area contributed by atoms with Crippen molar-refractivity contribution in [3.63, 3.8) is 0 Å². The molecule has 0 atom stereocenters. The van der Waals surface area contributed by atoms with Crippen molar-refractivity contribution in [2.45, 2.75) is 13.8 Å². The molecule has 0 saturated heterocycles. The molecule has 0 radical (unpaired) electrons. The first-order valence-corrected chi connectivity index (χ1v) is 4.74. The van der Waals surface area contributed by atoms with Gasteiger partial charge >= 0.3 is 0 Å². The average Bonchev–Trinajstić information content (AvgIpc) is 2.15. The van der Waals surface area contributed by atoms with Gasteiger partial charge in [-0.15, -0.1) is 12.6 Å². The van der Waals surface area contributed by atoms with E-state index >= 15 is 0 Å². The molecule has 0 heterocycles. The van der Waals surface area contributed by atoms with Gasteiger partial charge in [-0.2, -0.15) is 0 Å². The van der Waals surface area contributed by atoms with Gasteiger partial charge in [0.05, 0.1) is 0 Å². The minimum atomic E-state index is 1.02. The first kappa shape index (κ1) is 10.1. The highest BCUT2D eigenvalue weighted by molar-refractivity contribution is 7.84. The molecular weight excluding hydrogens is 176 g/mol. The molecule has 1 aromatic rings. The van der Waals surface area contributed by atoms with Gasteiger partial charge in [0.15, 0.2) is 0 Å². The van der Waals surface area contributed by atoms with Crippen LogP contribution >= 0.6 is 12.6 Å². The van der Waals surface area contributed by atoms with Crippen molar-refractivity contribution in [2.75, 3.05) is 0 Å². The average molecular weight is 190 g/mol.